The van der Waals surface area contributed by atoms with Gasteiger partial charge in [0.15, 0.2) is 0 Å². The molecule has 0 atom stereocenters. The molecule has 0 unspecified atom stereocenters. The molecule has 0 bridgehead atoms. The summed E-state index contributed by atoms with van der Waals surface area (Å²) < 4.78 is 45.1. The first-order chi connectivity index (χ1) is 8.62. The van der Waals surface area contributed by atoms with Crippen molar-refractivity contribution in [3.63, 3.8) is 0 Å². The Morgan fingerprint density at radius 3 is 2.93 bits per heavy atom. The van der Waals surface area contributed by atoms with Crippen molar-refractivity contribution in [2.24, 2.45) is 0 Å². The van der Waals surface area contributed by atoms with Gasteiger partial charge < -0.3 is 14.8 Å². The summed E-state index contributed by atoms with van der Waals surface area (Å²) in [6, 6.07) is -2.36. The number of ether oxygens (including phenoxy) is 1. The zero-order chi connectivity index (χ0) is 14.5. The van der Waals surface area contributed by atoms with Gasteiger partial charge in [0.2, 0.25) is 0 Å². The van der Waals surface area contributed by atoms with Crippen LogP contribution < -0.4 is 5.46 Å². The minimum absolute atomic E-state index is 0.0373. The molecule has 5 nitrogen and oxygen atoms in total. The van der Waals surface area contributed by atoms with Crippen LogP contribution in [0.25, 0.3) is 0 Å². The average molecular weight is 201 g/mol. The third kappa shape index (κ3) is 1.97. The van der Waals surface area contributed by atoms with Crippen molar-refractivity contribution in [3.8, 4) is 0 Å². The van der Waals surface area contributed by atoms with E-state index in [1.54, 1.807) is 0 Å². The van der Waals surface area contributed by atoms with E-state index >= 15 is 0 Å². The summed E-state index contributed by atoms with van der Waals surface area (Å²) in [4.78, 5) is 0. The lowest BCUT2D eigenvalue weighted by molar-refractivity contribution is 0.0662. The van der Waals surface area contributed by atoms with Crippen LogP contribution >= 0.6 is 0 Å². The Balaban J connectivity index is 2.52. The summed E-state index contributed by atoms with van der Waals surface area (Å²) in [7, 11) is -1.81. The molecule has 1 fully saturated rings. The van der Waals surface area contributed by atoms with Gasteiger partial charge in [-0.2, -0.15) is 5.10 Å². The smallest absolute Gasteiger partial charge is 0.423 e. The molecule has 0 aliphatic carbocycles. The molecule has 2 heterocycles. The van der Waals surface area contributed by atoms with Gasteiger partial charge in [-0.15, -0.1) is 0 Å². The molecule has 0 radical (unpaired) electrons. The fourth-order valence-electron chi connectivity index (χ4n) is 1.11. The third-order valence-electron chi connectivity index (χ3n) is 1.81. The molecular weight excluding hydrogens is 183 g/mol. The number of rotatable bonds is 2. The Hall–Kier alpha value is -0.845. The third-order valence-corrected chi connectivity index (χ3v) is 1.81. The molecule has 1 saturated heterocycles. The van der Waals surface area contributed by atoms with Gasteiger partial charge in [-0.1, -0.05) is 0 Å². The predicted octanol–water partition coefficient (Wildman–Crippen LogP) is -1.09. The molecule has 2 rings (SSSR count). The van der Waals surface area contributed by atoms with E-state index in [9.17, 15) is 0 Å². The molecule has 0 amide bonds. The van der Waals surface area contributed by atoms with Crippen LogP contribution in [-0.2, 0) is 4.74 Å². The topological polar surface area (TPSA) is 67.5 Å². The lowest BCUT2D eigenvalue weighted by Crippen LogP contribution is -2.29. The fourth-order valence-corrected chi connectivity index (χ4v) is 1.11. The highest BCUT2D eigenvalue weighted by Gasteiger charge is 2.19. The van der Waals surface area contributed by atoms with E-state index in [1.165, 1.54) is 0 Å². The normalized spacial score (nSPS) is 33.1. The quantitative estimate of drug-likeness (QED) is 0.597. The number of aromatic nitrogens is 2. The Labute approximate surface area is 89.5 Å². The van der Waals surface area contributed by atoms with Gasteiger partial charge in [0.05, 0.1) is 7.39 Å². The molecule has 0 spiro atoms. The van der Waals surface area contributed by atoms with Crippen molar-refractivity contribution in [3.05, 3.63) is 12.4 Å². The Kier molecular flexibility index (Phi) is 1.56. The maximum atomic E-state index is 9.01. The number of nitrogens with zero attached hydrogens (tertiary/aromatic N) is 2. The Bertz CT molecular complexity index is 465. The van der Waals surface area contributed by atoms with E-state index < -0.39 is 39.1 Å². The van der Waals surface area contributed by atoms with Crippen LogP contribution in [0.15, 0.2) is 12.4 Å². The SMILES string of the molecule is [2H]C1([2H])COCC([2H])([2H])C1([2H])n1cc(B(O)O)cn1. The van der Waals surface area contributed by atoms with Crippen molar-refractivity contribution in [2.45, 2.75) is 18.8 Å². The van der Waals surface area contributed by atoms with Gasteiger partial charge in [-0.25, -0.2) is 0 Å². The van der Waals surface area contributed by atoms with Crippen LogP contribution in [-0.4, -0.2) is 40.2 Å². The van der Waals surface area contributed by atoms with Crippen molar-refractivity contribution < 1.29 is 21.6 Å². The zero-order valence-electron chi connectivity index (χ0n) is 12.3. The van der Waals surface area contributed by atoms with Crippen molar-refractivity contribution >= 4 is 12.6 Å². The summed E-state index contributed by atoms with van der Waals surface area (Å²) in [6.45, 7) is -0.875. The standard InChI is InChI=1S/C8H13BN2O3/c12-9(13)7-5-10-11(6-7)8-1-3-14-4-2-8/h5-6,8,12-13H,1-4H2/i1D2,2D2,8D. The molecule has 6 heteroatoms. The van der Waals surface area contributed by atoms with E-state index in [-0.39, 0.29) is 5.46 Å². The van der Waals surface area contributed by atoms with Gasteiger partial charge in [-0.05, 0) is 12.7 Å². The average Bonchev–Trinajstić information content (AvgIpc) is 2.74. The first kappa shape index (κ1) is 5.30. The molecule has 14 heavy (non-hydrogen) atoms. The second-order valence-electron chi connectivity index (χ2n) is 2.79. The molecule has 0 saturated carbocycles. The Morgan fingerprint density at radius 1 is 1.64 bits per heavy atom. The van der Waals surface area contributed by atoms with Gasteiger partial charge in [0.1, 0.15) is 0 Å². The number of hydrogen-bond acceptors (Lipinski definition) is 4. The van der Waals surface area contributed by atoms with Crippen LogP contribution in [0.5, 0.6) is 0 Å². The predicted molar refractivity (Wildman–Crippen MR) is 51.1 cm³/mol. The van der Waals surface area contributed by atoms with Crippen molar-refractivity contribution in [1.29, 1.82) is 0 Å². The summed E-state index contributed by atoms with van der Waals surface area (Å²) >= 11 is 0. The van der Waals surface area contributed by atoms with E-state index in [0.29, 0.717) is 0 Å². The van der Waals surface area contributed by atoms with E-state index in [4.69, 9.17) is 21.6 Å². The van der Waals surface area contributed by atoms with Crippen molar-refractivity contribution in [2.75, 3.05) is 13.2 Å². The zero-order valence-corrected chi connectivity index (χ0v) is 7.34. The molecule has 76 valence electrons. The van der Waals surface area contributed by atoms with Crippen LogP contribution in [0.2, 0.25) is 0 Å². The molecule has 2 N–H and O–H groups in total. The fraction of sp³-hybridized carbons (Fsp3) is 0.625. The number of hydrogen-bond donors (Lipinski definition) is 2. The van der Waals surface area contributed by atoms with E-state index in [2.05, 4.69) is 5.10 Å². The first-order valence-electron chi connectivity index (χ1n) is 6.61. The lowest BCUT2D eigenvalue weighted by Gasteiger charge is -2.22. The maximum absolute atomic E-state index is 9.01. The van der Waals surface area contributed by atoms with Gasteiger partial charge in [-0.3, -0.25) is 4.68 Å². The molecule has 1 aromatic rings. The summed E-state index contributed by atoms with van der Waals surface area (Å²) in [5.41, 5.74) is -0.0373. The molecule has 1 aliphatic heterocycles. The minimum Gasteiger partial charge on any atom is -0.423 e. The summed E-state index contributed by atoms with van der Waals surface area (Å²) in [5, 5.41) is 21.7. The van der Waals surface area contributed by atoms with Gasteiger partial charge in [0, 0.05) is 36.6 Å². The molecule has 1 aliphatic rings. The largest absolute Gasteiger partial charge is 0.491 e. The first-order valence-corrected chi connectivity index (χ1v) is 4.11. The second kappa shape index (κ2) is 4.12. The van der Waals surface area contributed by atoms with Crippen molar-refractivity contribution in [1.82, 2.24) is 9.78 Å². The van der Waals surface area contributed by atoms with Crippen LogP contribution in [0, 0.1) is 0 Å². The molecule has 1 aromatic heterocycles. The molecular formula is C8H13BN2O3. The highest BCUT2D eigenvalue weighted by Crippen LogP contribution is 2.18. The van der Waals surface area contributed by atoms with Crippen LogP contribution in [0.4, 0.5) is 0 Å². The maximum Gasteiger partial charge on any atom is 0.491 e. The summed E-state index contributed by atoms with van der Waals surface area (Å²) in [5.74, 6) is 0. The lowest BCUT2D eigenvalue weighted by atomic mass is 9.83. The monoisotopic (exact) mass is 201 g/mol. The minimum atomic E-state index is -2.36. The highest BCUT2D eigenvalue weighted by atomic mass is 16.5. The van der Waals surface area contributed by atoms with Crippen LogP contribution in [0.1, 0.15) is 25.6 Å². The van der Waals surface area contributed by atoms with E-state index in [0.717, 1.165) is 17.1 Å². The van der Waals surface area contributed by atoms with Crippen LogP contribution in [0.3, 0.4) is 0 Å². The van der Waals surface area contributed by atoms with Gasteiger partial charge in [0.25, 0.3) is 0 Å². The Morgan fingerprint density at radius 2 is 2.36 bits per heavy atom. The highest BCUT2D eigenvalue weighted by molar-refractivity contribution is 6.58. The molecule has 0 aromatic carbocycles. The second-order valence-corrected chi connectivity index (χ2v) is 2.79. The van der Waals surface area contributed by atoms with Gasteiger partial charge >= 0.3 is 7.12 Å². The van der Waals surface area contributed by atoms with E-state index in [1.807, 2.05) is 0 Å². The summed E-state index contributed by atoms with van der Waals surface area (Å²) in [6.07, 6.45) is -2.53.